The van der Waals surface area contributed by atoms with Crippen molar-refractivity contribution in [3.8, 4) is 0 Å². The fourth-order valence-electron chi connectivity index (χ4n) is 2.38. The second-order valence-electron chi connectivity index (χ2n) is 4.80. The Balaban J connectivity index is 1.85. The summed E-state index contributed by atoms with van der Waals surface area (Å²) >= 11 is 0. The highest BCUT2D eigenvalue weighted by Gasteiger charge is 2.31. The number of rotatable bonds is 3. The van der Waals surface area contributed by atoms with Gasteiger partial charge in [0.25, 0.3) is 5.69 Å². The minimum absolute atomic E-state index is 0.0277. The summed E-state index contributed by atoms with van der Waals surface area (Å²) in [4.78, 5) is 22.5. The molecule has 0 saturated carbocycles. The minimum Gasteiger partial charge on any atom is -0.273 e. The standard InChI is InChI=1S/C15H13N3O3/c19-15-10-14(11-5-4-8-13(9-11)18(20)21)16-17(15)12-6-2-1-3-7-12/h1-9,14,16H,10H2. The van der Waals surface area contributed by atoms with Crippen LogP contribution in [0, 0.1) is 10.1 Å². The number of non-ortho nitro benzene ring substituents is 1. The Morgan fingerprint density at radius 1 is 1.14 bits per heavy atom. The van der Waals surface area contributed by atoms with Gasteiger partial charge in [0.1, 0.15) is 0 Å². The number of hydrazine groups is 1. The first kappa shape index (κ1) is 13.3. The van der Waals surface area contributed by atoms with Gasteiger partial charge < -0.3 is 0 Å². The van der Waals surface area contributed by atoms with Gasteiger partial charge in [-0.15, -0.1) is 0 Å². The molecule has 0 radical (unpaired) electrons. The number of nitro groups is 1. The molecule has 1 atom stereocenters. The van der Waals surface area contributed by atoms with Crippen LogP contribution in [0.15, 0.2) is 54.6 Å². The lowest BCUT2D eigenvalue weighted by atomic mass is 10.0. The third-order valence-electron chi connectivity index (χ3n) is 3.41. The Hall–Kier alpha value is -2.73. The zero-order valence-corrected chi connectivity index (χ0v) is 11.1. The normalized spacial score (nSPS) is 18.0. The van der Waals surface area contributed by atoms with Crippen LogP contribution in [-0.2, 0) is 4.79 Å². The molecule has 3 rings (SSSR count). The molecule has 6 nitrogen and oxygen atoms in total. The molecule has 1 aliphatic rings. The van der Waals surface area contributed by atoms with Crippen LogP contribution in [0.25, 0.3) is 0 Å². The largest absolute Gasteiger partial charge is 0.273 e. The van der Waals surface area contributed by atoms with Gasteiger partial charge in [0.2, 0.25) is 5.91 Å². The van der Waals surface area contributed by atoms with E-state index in [0.29, 0.717) is 0 Å². The summed E-state index contributed by atoms with van der Waals surface area (Å²) in [6, 6.07) is 15.4. The number of anilines is 1. The number of hydrogen-bond acceptors (Lipinski definition) is 4. The Bertz CT molecular complexity index is 688. The van der Waals surface area contributed by atoms with Crippen LogP contribution in [0.3, 0.4) is 0 Å². The number of nitrogens with one attached hydrogen (secondary N) is 1. The van der Waals surface area contributed by atoms with Crippen LogP contribution in [0.5, 0.6) is 0 Å². The van der Waals surface area contributed by atoms with E-state index in [-0.39, 0.29) is 24.1 Å². The van der Waals surface area contributed by atoms with Gasteiger partial charge in [-0.2, -0.15) is 0 Å². The number of benzene rings is 2. The molecule has 0 bridgehead atoms. The van der Waals surface area contributed by atoms with Gasteiger partial charge in [-0.1, -0.05) is 30.3 Å². The van der Waals surface area contributed by atoms with E-state index in [0.717, 1.165) is 11.3 Å². The summed E-state index contributed by atoms with van der Waals surface area (Å²) in [7, 11) is 0. The van der Waals surface area contributed by atoms with E-state index >= 15 is 0 Å². The molecule has 1 N–H and O–H groups in total. The molecule has 2 aromatic carbocycles. The van der Waals surface area contributed by atoms with Crippen LogP contribution in [-0.4, -0.2) is 10.8 Å². The van der Waals surface area contributed by atoms with Crippen molar-refractivity contribution in [3.63, 3.8) is 0 Å². The van der Waals surface area contributed by atoms with E-state index in [4.69, 9.17) is 0 Å². The maximum Gasteiger partial charge on any atom is 0.269 e. The van der Waals surface area contributed by atoms with Gasteiger partial charge in [-0.05, 0) is 17.7 Å². The summed E-state index contributed by atoms with van der Waals surface area (Å²) < 4.78 is 0. The third-order valence-corrected chi connectivity index (χ3v) is 3.41. The molecule has 0 aromatic heterocycles. The van der Waals surface area contributed by atoms with E-state index in [1.165, 1.54) is 17.1 Å². The smallest absolute Gasteiger partial charge is 0.269 e. The molecule has 1 unspecified atom stereocenters. The van der Waals surface area contributed by atoms with Crippen molar-refractivity contribution < 1.29 is 9.72 Å². The van der Waals surface area contributed by atoms with Crippen molar-refractivity contribution in [1.29, 1.82) is 0 Å². The van der Waals surface area contributed by atoms with E-state index in [9.17, 15) is 14.9 Å². The Labute approximate surface area is 121 Å². The summed E-state index contributed by atoms with van der Waals surface area (Å²) in [5.41, 5.74) is 4.62. The van der Waals surface area contributed by atoms with Crippen molar-refractivity contribution in [1.82, 2.24) is 5.43 Å². The highest BCUT2D eigenvalue weighted by molar-refractivity contribution is 5.95. The van der Waals surface area contributed by atoms with E-state index in [2.05, 4.69) is 5.43 Å². The highest BCUT2D eigenvalue weighted by atomic mass is 16.6. The summed E-state index contributed by atoms with van der Waals surface area (Å²) in [6.07, 6.45) is 0.274. The number of para-hydroxylation sites is 1. The SMILES string of the molecule is O=C1CC(c2cccc([N+](=O)[O-])c2)NN1c1ccccc1. The summed E-state index contributed by atoms with van der Waals surface area (Å²) in [6.45, 7) is 0. The number of nitro benzene ring substituents is 1. The van der Waals surface area contributed by atoms with Crippen LogP contribution in [0.4, 0.5) is 11.4 Å². The van der Waals surface area contributed by atoms with Gasteiger partial charge in [0.15, 0.2) is 0 Å². The predicted octanol–water partition coefficient (Wildman–Crippen LogP) is 2.58. The molecule has 0 spiro atoms. The lowest BCUT2D eigenvalue weighted by Gasteiger charge is -2.18. The molecule has 1 amide bonds. The first-order valence-electron chi connectivity index (χ1n) is 6.53. The quantitative estimate of drug-likeness (QED) is 0.694. The Morgan fingerprint density at radius 3 is 2.62 bits per heavy atom. The Kier molecular flexibility index (Phi) is 3.37. The van der Waals surface area contributed by atoms with Crippen molar-refractivity contribution >= 4 is 17.3 Å². The molecule has 1 aliphatic heterocycles. The van der Waals surface area contributed by atoms with Crippen LogP contribution >= 0.6 is 0 Å². The van der Waals surface area contributed by atoms with E-state index in [1.807, 2.05) is 30.3 Å². The zero-order valence-electron chi connectivity index (χ0n) is 11.1. The predicted molar refractivity (Wildman–Crippen MR) is 77.5 cm³/mol. The average molecular weight is 283 g/mol. The monoisotopic (exact) mass is 283 g/mol. The van der Waals surface area contributed by atoms with E-state index in [1.54, 1.807) is 12.1 Å². The first-order valence-corrected chi connectivity index (χ1v) is 6.53. The zero-order chi connectivity index (χ0) is 14.8. The maximum absolute atomic E-state index is 12.1. The number of nitrogens with zero attached hydrogens (tertiary/aromatic N) is 2. The fraction of sp³-hybridized carbons (Fsp3) is 0.133. The lowest BCUT2D eigenvalue weighted by molar-refractivity contribution is -0.384. The molecule has 1 saturated heterocycles. The molecule has 1 fully saturated rings. The van der Waals surface area contributed by atoms with Crippen LogP contribution in [0.2, 0.25) is 0 Å². The number of carbonyl (C=O) groups is 1. The van der Waals surface area contributed by atoms with Gasteiger partial charge >= 0.3 is 0 Å². The van der Waals surface area contributed by atoms with Gasteiger partial charge in [-0.25, -0.2) is 10.4 Å². The number of carbonyl (C=O) groups excluding carboxylic acids is 1. The molecule has 6 heteroatoms. The molecular formula is C15H13N3O3. The topological polar surface area (TPSA) is 75.5 Å². The Morgan fingerprint density at radius 2 is 1.90 bits per heavy atom. The maximum atomic E-state index is 12.1. The number of hydrogen-bond donors (Lipinski definition) is 1. The molecule has 2 aromatic rings. The summed E-state index contributed by atoms with van der Waals surface area (Å²) in [5.74, 6) is -0.0577. The van der Waals surface area contributed by atoms with Crippen LogP contribution < -0.4 is 10.4 Å². The van der Waals surface area contributed by atoms with Crippen molar-refractivity contribution in [2.75, 3.05) is 5.01 Å². The van der Waals surface area contributed by atoms with Crippen molar-refractivity contribution in [3.05, 3.63) is 70.3 Å². The second kappa shape index (κ2) is 5.34. The average Bonchev–Trinajstić information content (AvgIpc) is 2.90. The van der Waals surface area contributed by atoms with Crippen LogP contribution in [0.1, 0.15) is 18.0 Å². The minimum atomic E-state index is -0.435. The molecule has 106 valence electrons. The van der Waals surface area contributed by atoms with E-state index < -0.39 is 4.92 Å². The molecule has 1 heterocycles. The van der Waals surface area contributed by atoms with Gasteiger partial charge in [-0.3, -0.25) is 14.9 Å². The fourth-order valence-corrected chi connectivity index (χ4v) is 2.38. The molecule has 0 aliphatic carbocycles. The summed E-state index contributed by atoms with van der Waals surface area (Å²) in [5, 5.41) is 12.3. The van der Waals surface area contributed by atoms with Crippen molar-refractivity contribution in [2.24, 2.45) is 0 Å². The van der Waals surface area contributed by atoms with Gasteiger partial charge in [0, 0.05) is 18.6 Å². The highest BCUT2D eigenvalue weighted by Crippen LogP contribution is 2.29. The second-order valence-corrected chi connectivity index (χ2v) is 4.80. The molecule has 21 heavy (non-hydrogen) atoms. The van der Waals surface area contributed by atoms with Gasteiger partial charge in [0.05, 0.1) is 16.7 Å². The number of amides is 1. The third kappa shape index (κ3) is 2.61. The lowest BCUT2D eigenvalue weighted by Crippen LogP contribution is -2.34. The first-order chi connectivity index (χ1) is 10.1. The van der Waals surface area contributed by atoms with Crippen molar-refractivity contribution in [2.45, 2.75) is 12.5 Å². The molecular weight excluding hydrogens is 270 g/mol.